The van der Waals surface area contributed by atoms with Crippen molar-refractivity contribution in [3.05, 3.63) is 70.6 Å². The zero-order chi connectivity index (χ0) is 17.5. The predicted octanol–water partition coefficient (Wildman–Crippen LogP) is 4.00. The number of nitrogens with zero attached hydrogens (tertiary/aromatic N) is 1. The zero-order valence-corrected chi connectivity index (χ0v) is 15.1. The maximum absolute atomic E-state index is 13.2. The molecule has 0 radical (unpaired) electrons. The highest BCUT2D eigenvalue weighted by Gasteiger charge is 2.20. The van der Waals surface area contributed by atoms with E-state index in [1.165, 1.54) is 18.2 Å². The fourth-order valence-corrected chi connectivity index (χ4v) is 3.77. The van der Waals surface area contributed by atoms with Crippen LogP contribution in [-0.4, -0.2) is 13.0 Å². The summed E-state index contributed by atoms with van der Waals surface area (Å²) in [5.74, 6) is -0.339. The molecule has 2 aromatic carbocycles. The molecule has 0 aliphatic heterocycles. The van der Waals surface area contributed by atoms with Gasteiger partial charge in [0.25, 0.3) is 0 Å². The van der Waals surface area contributed by atoms with Crippen LogP contribution in [0.2, 0.25) is 0 Å². The van der Waals surface area contributed by atoms with Crippen molar-refractivity contribution < 1.29 is 12.8 Å². The zero-order valence-electron chi connectivity index (χ0n) is 12.7. The fourth-order valence-electron chi connectivity index (χ4n) is 2.62. The van der Waals surface area contributed by atoms with E-state index in [9.17, 15) is 12.8 Å². The second-order valence-electron chi connectivity index (χ2n) is 5.32. The Kier molecular flexibility index (Phi) is 4.33. The number of sulfonamides is 1. The smallest absolute Gasteiger partial charge is 0.238 e. The summed E-state index contributed by atoms with van der Waals surface area (Å²) in [5, 5.41) is 5.35. The molecule has 3 rings (SSSR count). The van der Waals surface area contributed by atoms with E-state index in [1.54, 1.807) is 30.3 Å². The number of hydrogen-bond donors (Lipinski definition) is 1. The van der Waals surface area contributed by atoms with Crippen molar-refractivity contribution in [1.29, 1.82) is 0 Å². The van der Waals surface area contributed by atoms with Crippen LogP contribution in [0.25, 0.3) is 16.9 Å². The molecule has 1 aromatic heterocycles. The first-order valence-electron chi connectivity index (χ1n) is 7.05. The maximum Gasteiger partial charge on any atom is 0.238 e. The molecule has 0 aliphatic rings. The van der Waals surface area contributed by atoms with Crippen molar-refractivity contribution >= 4 is 26.0 Å². The number of halogens is 2. The third-order valence-corrected chi connectivity index (χ3v) is 5.51. The highest BCUT2D eigenvalue weighted by atomic mass is 79.9. The Morgan fingerprint density at radius 3 is 2.33 bits per heavy atom. The van der Waals surface area contributed by atoms with Crippen molar-refractivity contribution in [3.63, 3.8) is 0 Å². The molecule has 7 heteroatoms. The molecule has 1 heterocycles. The molecular formula is C17H14BrFN2O2S. The van der Waals surface area contributed by atoms with Crippen LogP contribution in [0.1, 0.15) is 5.69 Å². The Hall–Kier alpha value is -1.96. The molecule has 4 nitrogen and oxygen atoms in total. The van der Waals surface area contributed by atoms with Crippen LogP contribution in [0.15, 0.2) is 64.0 Å². The van der Waals surface area contributed by atoms with E-state index in [0.717, 1.165) is 15.9 Å². The highest BCUT2D eigenvalue weighted by Crippen LogP contribution is 2.35. The van der Waals surface area contributed by atoms with E-state index < -0.39 is 10.0 Å². The summed E-state index contributed by atoms with van der Waals surface area (Å²) < 4.78 is 39.7. The Morgan fingerprint density at radius 1 is 1.08 bits per heavy atom. The number of rotatable bonds is 3. The third-order valence-electron chi connectivity index (χ3n) is 3.74. The van der Waals surface area contributed by atoms with Gasteiger partial charge in [-0.15, -0.1) is 0 Å². The van der Waals surface area contributed by atoms with Gasteiger partial charge in [0.15, 0.2) is 0 Å². The molecule has 0 fully saturated rings. The SMILES string of the molecule is Cc1c(Br)cc(-c2ccccc2S(N)(=O)=O)n1-c1ccc(F)cc1. The van der Waals surface area contributed by atoms with E-state index in [4.69, 9.17) is 5.14 Å². The first kappa shape index (κ1) is 16.9. The summed E-state index contributed by atoms with van der Waals surface area (Å²) in [6.07, 6.45) is 0. The Bertz CT molecular complexity index is 1010. The van der Waals surface area contributed by atoms with Crippen LogP contribution in [0.5, 0.6) is 0 Å². The molecule has 0 aliphatic carbocycles. The van der Waals surface area contributed by atoms with Gasteiger partial charge in [-0.1, -0.05) is 18.2 Å². The number of aromatic nitrogens is 1. The van der Waals surface area contributed by atoms with E-state index in [2.05, 4.69) is 15.9 Å². The summed E-state index contributed by atoms with van der Waals surface area (Å²) >= 11 is 3.48. The molecule has 0 saturated carbocycles. The van der Waals surface area contributed by atoms with E-state index in [1.807, 2.05) is 17.6 Å². The minimum absolute atomic E-state index is 0.0401. The third kappa shape index (κ3) is 3.02. The monoisotopic (exact) mass is 408 g/mol. The van der Waals surface area contributed by atoms with E-state index in [0.29, 0.717) is 11.3 Å². The van der Waals surface area contributed by atoms with Gasteiger partial charge < -0.3 is 4.57 Å². The van der Waals surface area contributed by atoms with Crippen LogP contribution in [0.3, 0.4) is 0 Å². The van der Waals surface area contributed by atoms with Crippen LogP contribution in [0.4, 0.5) is 4.39 Å². The molecule has 3 aromatic rings. The van der Waals surface area contributed by atoms with Gasteiger partial charge >= 0.3 is 0 Å². The summed E-state index contributed by atoms with van der Waals surface area (Å²) in [4.78, 5) is 0.0401. The minimum Gasteiger partial charge on any atom is -0.313 e. The average molecular weight is 409 g/mol. The largest absolute Gasteiger partial charge is 0.313 e. The van der Waals surface area contributed by atoms with Crippen molar-refractivity contribution in [2.24, 2.45) is 5.14 Å². The number of hydrogen-bond acceptors (Lipinski definition) is 2. The molecule has 24 heavy (non-hydrogen) atoms. The van der Waals surface area contributed by atoms with E-state index in [-0.39, 0.29) is 10.7 Å². The van der Waals surface area contributed by atoms with Crippen molar-refractivity contribution in [2.75, 3.05) is 0 Å². The first-order valence-corrected chi connectivity index (χ1v) is 9.39. The van der Waals surface area contributed by atoms with Crippen LogP contribution in [-0.2, 0) is 10.0 Å². The fraction of sp³-hybridized carbons (Fsp3) is 0.0588. The standard InChI is InChI=1S/C17H14BrFN2O2S/c1-11-15(18)10-16(21(11)13-8-6-12(19)7-9-13)14-4-2-3-5-17(14)24(20,22)23/h2-10H,1H3,(H2,20,22,23). The predicted molar refractivity (Wildman–Crippen MR) is 95.0 cm³/mol. The molecule has 0 amide bonds. The maximum atomic E-state index is 13.2. The molecule has 0 unspecified atom stereocenters. The summed E-state index contributed by atoms with van der Waals surface area (Å²) in [7, 11) is -3.88. The molecule has 124 valence electrons. The van der Waals surface area contributed by atoms with E-state index >= 15 is 0 Å². The molecule has 2 N–H and O–H groups in total. The minimum atomic E-state index is -3.88. The lowest BCUT2D eigenvalue weighted by atomic mass is 10.1. The normalized spacial score (nSPS) is 11.7. The second-order valence-corrected chi connectivity index (χ2v) is 7.70. The summed E-state index contributed by atoms with van der Waals surface area (Å²) in [5.41, 5.74) is 2.72. The molecule has 0 bridgehead atoms. The van der Waals surface area contributed by atoms with Gasteiger partial charge in [0.2, 0.25) is 10.0 Å². The van der Waals surface area contributed by atoms with Gasteiger partial charge in [-0.2, -0.15) is 0 Å². The van der Waals surface area contributed by atoms with Gasteiger partial charge in [-0.3, -0.25) is 0 Å². The molecule has 0 spiro atoms. The topological polar surface area (TPSA) is 65.1 Å². The lowest BCUT2D eigenvalue weighted by Crippen LogP contribution is -2.14. The summed E-state index contributed by atoms with van der Waals surface area (Å²) in [6.45, 7) is 1.89. The quantitative estimate of drug-likeness (QED) is 0.711. The first-order chi connectivity index (χ1) is 11.3. The molecule has 0 saturated heterocycles. The summed E-state index contributed by atoms with van der Waals surface area (Å²) in [6, 6.07) is 14.3. The van der Waals surface area contributed by atoms with Crippen molar-refractivity contribution in [3.8, 4) is 16.9 Å². The van der Waals surface area contributed by atoms with Gasteiger partial charge in [-0.25, -0.2) is 17.9 Å². The number of benzene rings is 2. The van der Waals surface area contributed by atoms with Crippen LogP contribution in [0, 0.1) is 12.7 Å². The van der Waals surface area contributed by atoms with Gasteiger partial charge in [0.05, 0.1) is 10.6 Å². The van der Waals surface area contributed by atoms with Crippen LogP contribution < -0.4 is 5.14 Å². The Morgan fingerprint density at radius 2 is 1.71 bits per heavy atom. The molecule has 0 atom stereocenters. The van der Waals surface area contributed by atoms with Crippen LogP contribution >= 0.6 is 15.9 Å². The lowest BCUT2D eigenvalue weighted by Gasteiger charge is -2.14. The molecular weight excluding hydrogens is 395 g/mol. The Labute approximate surface area is 147 Å². The lowest BCUT2D eigenvalue weighted by molar-refractivity contribution is 0.598. The van der Waals surface area contributed by atoms with Crippen molar-refractivity contribution in [1.82, 2.24) is 4.57 Å². The Balaban J connectivity index is 2.32. The van der Waals surface area contributed by atoms with Gasteiger partial charge in [0.1, 0.15) is 5.82 Å². The van der Waals surface area contributed by atoms with Gasteiger partial charge in [0, 0.05) is 21.4 Å². The van der Waals surface area contributed by atoms with Gasteiger partial charge in [-0.05, 0) is 59.3 Å². The van der Waals surface area contributed by atoms with Crippen molar-refractivity contribution in [2.45, 2.75) is 11.8 Å². The highest BCUT2D eigenvalue weighted by molar-refractivity contribution is 9.10. The second kappa shape index (κ2) is 6.16. The number of primary sulfonamides is 1. The number of nitrogens with two attached hydrogens (primary N) is 1. The average Bonchev–Trinajstić information content (AvgIpc) is 2.83.